The van der Waals surface area contributed by atoms with Crippen LogP contribution >= 0.6 is 15.9 Å². The Morgan fingerprint density at radius 1 is 1.44 bits per heavy atom. The first-order valence-electron chi connectivity index (χ1n) is 5.38. The lowest BCUT2D eigenvalue weighted by molar-refractivity contribution is 0.0953. The first kappa shape index (κ1) is 15.1. The highest BCUT2D eigenvalue weighted by atomic mass is 79.9. The molecule has 0 aliphatic heterocycles. The Hall–Kier alpha value is -0.920. The molecule has 100 valence electrons. The summed E-state index contributed by atoms with van der Waals surface area (Å²) < 4.78 is 23.2. The van der Waals surface area contributed by atoms with E-state index in [2.05, 4.69) is 21.2 Å². The van der Waals surface area contributed by atoms with Gasteiger partial charge >= 0.3 is 0 Å². The molecule has 5 nitrogen and oxygen atoms in total. The van der Waals surface area contributed by atoms with Crippen molar-refractivity contribution in [3.05, 3.63) is 27.7 Å². The van der Waals surface area contributed by atoms with Crippen molar-refractivity contribution < 1.29 is 13.2 Å². The molecule has 0 fully saturated rings. The van der Waals surface area contributed by atoms with Crippen LogP contribution in [-0.2, 0) is 10.0 Å². The molecule has 1 amide bonds. The topological polar surface area (TPSA) is 89.3 Å². The summed E-state index contributed by atoms with van der Waals surface area (Å²) >= 11 is 3.16. The van der Waals surface area contributed by atoms with Gasteiger partial charge in [-0.05, 0) is 47.0 Å². The lowest BCUT2D eigenvalue weighted by atomic mass is 10.1. The second kappa shape index (κ2) is 5.81. The molecule has 0 spiro atoms. The van der Waals surface area contributed by atoms with E-state index in [1.54, 1.807) is 13.0 Å². The molecule has 7 heteroatoms. The average molecular weight is 335 g/mol. The number of carbonyl (C=O) groups is 1. The lowest BCUT2D eigenvalue weighted by Crippen LogP contribution is -2.25. The van der Waals surface area contributed by atoms with Crippen molar-refractivity contribution in [2.45, 2.75) is 25.2 Å². The molecule has 1 aromatic rings. The second-order valence-electron chi connectivity index (χ2n) is 3.91. The van der Waals surface area contributed by atoms with Crippen molar-refractivity contribution in [2.75, 3.05) is 6.54 Å². The highest BCUT2D eigenvalue weighted by Crippen LogP contribution is 2.26. The molecule has 0 heterocycles. The summed E-state index contributed by atoms with van der Waals surface area (Å²) in [5.74, 6) is -0.308. The van der Waals surface area contributed by atoms with Crippen LogP contribution in [-0.4, -0.2) is 20.9 Å². The number of hydrogen-bond acceptors (Lipinski definition) is 3. The predicted octanol–water partition coefficient (Wildman–Crippen LogP) is 1.54. The van der Waals surface area contributed by atoms with Gasteiger partial charge in [-0.25, -0.2) is 13.6 Å². The molecular formula is C11H15BrN2O3S. The zero-order chi connectivity index (χ0) is 13.9. The maximum Gasteiger partial charge on any atom is 0.251 e. The van der Waals surface area contributed by atoms with Crippen LogP contribution in [0, 0.1) is 6.92 Å². The zero-order valence-corrected chi connectivity index (χ0v) is 12.6. The van der Waals surface area contributed by atoms with Crippen molar-refractivity contribution in [1.29, 1.82) is 0 Å². The van der Waals surface area contributed by atoms with Gasteiger partial charge in [0.05, 0.1) is 4.90 Å². The predicted molar refractivity (Wildman–Crippen MR) is 72.9 cm³/mol. The van der Waals surface area contributed by atoms with Gasteiger partial charge in [0.1, 0.15) is 0 Å². The summed E-state index contributed by atoms with van der Waals surface area (Å²) in [5.41, 5.74) is 0.927. The second-order valence-corrected chi connectivity index (χ2v) is 6.23. The molecule has 0 atom stereocenters. The number of aryl methyl sites for hydroxylation is 1. The summed E-state index contributed by atoms with van der Waals surface area (Å²) in [6.07, 6.45) is 0.809. The third-order valence-corrected chi connectivity index (χ3v) is 4.58. The monoisotopic (exact) mass is 334 g/mol. The molecule has 0 bridgehead atoms. The van der Waals surface area contributed by atoms with E-state index >= 15 is 0 Å². The van der Waals surface area contributed by atoms with Gasteiger partial charge in [0, 0.05) is 16.6 Å². The van der Waals surface area contributed by atoms with Gasteiger partial charge in [0.2, 0.25) is 10.0 Å². The largest absolute Gasteiger partial charge is 0.352 e. The summed E-state index contributed by atoms with van der Waals surface area (Å²) in [5, 5.41) is 7.79. The third-order valence-electron chi connectivity index (χ3n) is 2.33. The minimum atomic E-state index is -3.86. The SMILES string of the molecule is CCCNC(=O)c1cc(C)c(Br)c(S(N)(=O)=O)c1. The molecular weight excluding hydrogens is 320 g/mol. The number of amides is 1. The summed E-state index contributed by atoms with van der Waals surface area (Å²) in [6.45, 7) is 4.18. The molecule has 0 unspecified atom stereocenters. The summed E-state index contributed by atoms with van der Waals surface area (Å²) in [7, 11) is -3.86. The Balaban J connectivity index is 3.25. The van der Waals surface area contributed by atoms with Crippen molar-refractivity contribution in [1.82, 2.24) is 5.32 Å². The van der Waals surface area contributed by atoms with Crippen molar-refractivity contribution in [2.24, 2.45) is 5.14 Å². The first-order chi connectivity index (χ1) is 8.27. The van der Waals surface area contributed by atoms with Crippen LogP contribution < -0.4 is 10.5 Å². The number of hydrogen-bond donors (Lipinski definition) is 2. The quantitative estimate of drug-likeness (QED) is 0.875. The number of carbonyl (C=O) groups excluding carboxylic acids is 1. The zero-order valence-electron chi connectivity index (χ0n) is 10.2. The van der Waals surface area contributed by atoms with Gasteiger partial charge in [-0.15, -0.1) is 0 Å². The average Bonchev–Trinajstić information content (AvgIpc) is 2.27. The van der Waals surface area contributed by atoms with E-state index in [0.717, 1.165) is 6.42 Å². The number of primary sulfonamides is 1. The van der Waals surface area contributed by atoms with Gasteiger partial charge in [0.25, 0.3) is 5.91 Å². The Bertz CT molecular complexity index is 570. The van der Waals surface area contributed by atoms with Crippen LogP contribution in [0.25, 0.3) is 0 Å². The molecule has 18 heavy (non-hydrogen) atoms. The summed E-state index contributed by atoms with van der Waals surface area (Å²) in [6, 6.07) is 2.89. The van der Waals surface area contributed by atoms with Crippen LogP contribution in [0.5, 0.6) is 0 Å². The first-order valence-corrected chi connectivity index (χ1v) is 7.72. The number of benzene rings is 1. The normalized spacial score (nSPS) is 11.3. The van der Waals surface area contributed by atoms with Crippen LogP contribution in [0.4, 0.5) is 0 Å². The number of rotatable bonds is 4. The molecule has 1 rings (SSSR count). The molecule has 0 saturated carbocycles. The lowest BCUT2D eigenvalue weighted by Gasteiger charge is -2.09. The Labute approximate surface area is 115 Å². The fourth-order valence-electron chi connectivity index (χ4n) is 1.42. The van der Waals surface area contributed by atoms with E-state index in [0.29, 0.717) is 16.6 Å². The van der Waals surface area contributed by atoms with Crippen molar-refractivity contribution in [3.63, 3.8) is 0 Å². The molecule has 0 aliphatic rings. The maximum absolute atomic E-state index is 11.8. The van der Waals surface area contributed by atoms with E-state index in [4.69, 9.17) is 5.14 Å². The minimum Gasteiger partial charge on any atom is -0.352 e. The Kier molecular flexibility index (Phi) is 4.89. The number of halogens is 1. The van der Waals surface area contributed by atoms with Gasteiger partial charge in [-0.1, -0.05) is 6.92 Å². The fourth-order valence-corrected chi connectivity index (χ4v) is 3.02. The molecule has 0 aliphatic carbocycles. The van der Waals surface area contributed by atoms with Gasteiger partial charge < -0.3 is 5.32 Å². The smallest absolute Gasteiger partial charge is 0.251 e. The van der Waals surface area contributed by atoms with Gasteiger partial charge in [-0.2, -0.15) is 0 Å². The highest BCUT2D eigenvalue weighted by molar-refractivity contribution is 9.10. The molecule has 0 radical (unpaired) electrons. The van der Waals surface area contributed by atoms with E-state index in [1.807, 2.05) is 6.92 Å². The number of sulfonamides is 1. The Morgan fingerprint density at radius 3 is 2.56 bits per heavy atom. The van der Waals surface area contributed by atoms with Crippen LogP contribution in [0.15, 0.2) is 21.5 Å². The minimum absolute atomic E-state index is 0.0795. The molecule has 0 saturated heterocycles. The molecule has 3 N–H and O–H groups in total. The highest BCUT2D eigenvalue weighted by Gasteiger charge is 2.18. The van der Waals surface area contributed by atoms with Crippen LogP contribution in [0.1, 0.15) is 29.3 Å². The van der Waals surface area contributed by atoms with Crippen LogP contribution in [0.3, 0.4) is 0 Å². The number of nitrogens with one attached hydrogen (secondary N) is 1. The molecule has 1 aromatic carbocycles. The standard InChI is InChI=1S/C11H15BrN2O3S/c1-3-4-14-11(15)8-5-7(2)10(12)9(6-8)18(13,16)17/h5-6H,3-4H2,1-2H3,(H,14,15)(H2,13,16,17). The number of nitrogens with two attached hydrogens (primary N) is 1. The van der Waals surface area contributed by atoms with Crippen molar-refractivity contribution >= 4 is 31.9 Å². The van der Waals surface area contributed by atoms with E-state index in [1.165, 1.54) is 6.07 Å². The van der Waals surface area contributed by atoms with Crippen molar-refractivity contribution in [3.8, 4) is 0 Å². The maximum atomic E-state index is 11.8. The van der Waals surface area contributed by atoms with E-state index in [-0.39, 0.29) is 16.4 Å². The molecule has 0 aromatic heterocycles. The fraction of sp³-hybridized carbons (Fsp3) is 0.364. The van der Waals surface area contributed by atoms with Gasteiger partial charge in [0.15, 0.2) is 0 Å². The Morgan fingerprint density at radius 2 is 2.06 bits per heavy atom. The summed E-state index contributed by atoms with van der Waals surface area (Å²) in [4.78, 5) is 11.7. The third kappa shape index (κ3) is 3.54. The van der Waals surface area contributed by atoms with E-state index < -0.39 is 10.0 Å². The van der Waals surface area contributed by atoms with Gasteiger partial charge in [-0.3, -0.25) is 4.79 Å². The van der Waals surface area contributed by atoms with Crippen LogP contribution in [0.2, 0.25) is 0 Å². The van der Waals surface area contributed by atoms with E-state index in [9.17, 15) is 13.2 Å².